The molecule has 0 aliphatic rings. The number of methoxy groups -OCH3 is 3. The van der Waals surface area contributed by atoms with Crippen molar-refractivity contribution < 1.29 is 23.4 Å². The van der Waals surface area contributed by atoms with Crippen LogP contribution in [-0.4, -0.2) is 53.1 Å². The average molecular weight is 481 g/mol. The molecule has 182 valence electrons. The van der Waals surface area contributed by atoms with E-state index in [1.807, 2.05) is 0 Å². The van der Waals surface area contributed by atoms with Gasteiger partial charge in [-0.05, 0) is 29.8 Å². The van der Waals surface area contributed by atoms with Crippen molar-refractivity contribution in [2.24, 2.45) is 0 Å². The normalized spacial score (nSPS) is 10.9. The predicted octanol–water partition coefficient (Wildman–Crippen LogP) is 2.24. The second kappa shape index (κ2) is 10.2. The summed E-state index contributed by atoms with van der Waals surface area (Å²) in [5.41, 5.74) is 1.27. The van der Waals surface area contributed by atoms with E-state index in [0.717, 1.165) is 5.56 Å². The van der Waals surface area contributed by atoms with Gasteiger partial charge in [0.15, 0.2) is 17.1 Å². The number of nitrogens with zero attached hydrogens (tertiary/aromatic N) is 4. The second-order valence-corrected chi connectivity index (χ2v) is 7.58. The molecule has 0 aliphatic heterocycles. The number of carbonyl (C=O) groups excluding carboxylic acids is 1. The van der Waals surface area contributed by atoms with Crippen molar-refractivity contribution in [2.45, 2.75) is 13.1 Å². The first-order valence-corrected chi connectivity index (χ1v) is 10.7. The van der Waals surface area contributed by atoms with Crippen molar-refractivity contribution in [3.8, 4) is 17.2 Å². The highest BCUT2D eigenvalue weighted by Gasteiger charge is 2.17. The Hall–Kier alpha value is -4.41. The van der Waals surface area contributed by atoms with Gasteiger partial charge in [0.2, 0.25) is 5.75 Å². The summed E-state index contributed by atoms with van der Waals surface area (Å²) < 4.78 is 32.0. The van der Waals surface area contributed by atoms with E-state index in [-0.39, 0.29) is 30.4 Å². The number of amides is 1. The van der Waals surface area contributed by atoms with Gasteiger partial charge in [-0.15, -0.1) is 0 Å². The van der Waals surface area contributed by atoms with E-state index in [4.69, 9.17) is 14.2 Å². The molecule has 0 fully saturated rings. The fourth-order valence-electron chi connectivity index (χ4n) is 3.65. The minimum Gasteiger partial charge on any atom is -0.493 e. The smallest absolute Gasteiger partial charge is 0.264 e. The third-order valence-corrected chi connectivity index (χ3v) is 5.42. The predicted molar refractivity (Wildman–Crippen MR) is 126 cm³/mol. The lowest BCUT2D eigenvalue weighted by molar-refractivity contribution is 0.0951. The average Bonchev–Trinajstić information content (AvgIpc) is 3.29. The molecule has 2 aromatic carbocycles. The number of aromatic nitrogens is 4. The van der Waals surface area contributed by atoms with E-state index in [0.29, 0.717) is 40.4 Å². The lowest BCUT2D eigenvalue weighted by atomic mass is 10.1. The van der Waals surface area contributed by atoms with Gasteiger partial charge in [0.25, 0.3) is 11.5 Å². The van der Waals surface area contributed by atoms with Crippen LogP contribution in [0.25, 0.3) is 11.0 Å². The molecule has 11 heteroatoms. The molecule has 2 aromatic heterocycles. The summed E-state index contributed by atoms with van der Waals surface area (Å²) in [5.74, 6) is 0.460. The van der Waals surface area contributed by atoms with Gasteiger partial charge in [0.1, 0.15) is 17.5 Å². The first kappa shape index (κ1) is 23.7. The van der Waals surface area contributed by atoms with Gasteiger partial charge in [0.05, 0.1) is 40.6 Å². The van der Waals surface area contributed by atoms with Crippen LogP contribution in [0, 0.1) is 5.82 Å². The molecule has 0 aliphatic carbocycles. The van der Waals surface area contributed by atoms with E-state index in [1.165, 1.54) is 50.6 Å². The lowest BCUT2D eigenvalue weighted by Crippen LogP contribution is -2.28. The Balaban J connectivity index is 1.45. The van der Waals surface area contributed by atoms with Gasteiger partial charge in [-0.3, -0.25) is 14.2 Å². The maximum atomic E-state index is 13.1. The van der Waals surface area contributed by atoms with Gasteiger partial charge in [-0.1, -0.05) is 12.1 Å². The first-order valence-electron chi connectivity index (χ1n) is 10.7. The number of halogens is 1. The summed E-state index contributed by atoms with van der Waals surface area (Å²) in [6.07, 6.45) is 2.88. The highest BCUT2D eigenvalue weighted by Crippen LogP contribution is 2.38. The quantitative estimate of drug-likeness (QED) is 0.390. The zero-order chi connectivity index (χ0) is 24.9. The van der Waals surface area contributed by atoms with Crippen LogP contribution in [0.5, 0.6) is 17.2 Å². The van der Waals surface area contributed by atoms with Gasteiger partial charge in [-0.25, -0.2) is 14.1 Å². The minimum atomic E-state index is -0.340. The number of ether oxygens (including phenoxy) is 3. The summed E-state index contributed by atoms with van der Waals surface area (Å²) in [6.45, 7) is 0.804. The van der Waals surface area contributed by atoms with E-state index in [2.05, 4.69) is 15.4 Å². The Morgan fingerprint density at radius 3 is 2.37 bits per heavy atom. The molecule has 1 N–H and O–H groups in total. The van der Waals surface area contributed by atoms with Crippen molar-refractivity contribution in [2.75, 3.05) is 27.9 Å². The monoisotopic (exact) mass is 481 g/mol. The highest BCUT2D eigenvalue weighted by molar-refractivity contribution is 5.95. The summed E-state index contributed by atoms with van der Waals surface area (Å²) >= 11 is 0. The molecule has 1 amide bonds. The third kappa shape index (κ3) is 4.93. The number of hydrogen-bond acceptors (Lipinski definition) is 7. The summed E-state index contributed by atoms with van der Waals surface area (Å²) in [4.78, 5) is 29.9. The van der Waals surface area contributed by atoms with Gasteiger partial charge in [-0.2, -0.15) is 5.10 Å². The van der Waals surface area contributed by atoms with E-state index in [1.54, 1.807) is 28.9 Å². The Kier molecular flexibility index (Phi) is 6.95. The van der Waals surface area contributed by atoms with Crippen LogP contribution in [-0.2, 0) is 13.1 Å². The van der Waals surface area contributed by atoms with E-state index < -0.39 is 0 Å². The van der Waals surface area contributed by atoms with Crippen LogP contribution in [0.1, 0.15) is 15.9 Å². The molecule has 0 unspecified atom stereocenters. The van der Waals surface area contributed by atoms with E-state index in [9.17, 15) is 14.0 Å². The molecule has 0 saturated heterocycles. The van der Waals surface area contributed by atoms with Crippen LogP contribution in [0.15, 0.2) is 53.7 Å². The van der Waals surface area contributed by atoms with Crippen LogP contribution in [0.3, 0.4) is 0 Å². The molecule has 10 nitrogen and oxygen atoms in total. The molecule has 35 heavy (non-hydrogen) atoms. The van der Waals surface area contributed by atoms with Crippen LogP contribution < -0.4 is 25.1 Å². The standard InChI is InChI=1S/C24H24FN5O5/c1-33-19-10-16(11-20(34-2)21(19)35-3)23(31)26-8-9-30-22-18(12-28-30)24(32)29(14-27-22)13-15-4-6-17(25)7-5-15/h4-7,10-12,14H,8-9,13H2,1-3H3,(H,26,31). The maximum Gasteiger partial charge on any atom is 0.264 e. The van der Waals surface area contributed by atoms with Gasteiger partial charge < -0.3 is 19.5 Å². The molecule has 0 atom stereocenters. The first-order chi connectivity index (χ1) is 16.9. The van der Waals surface area contributed by atoms with Crippen LogP contribution in [0.2, 0.25) is 0 Å². The lowest BCUT2D eigenvalue weighted by Gasteiger charge is -2.14. The highest BCUT2D eigenvalue weighted by atomic mass is 19.1. The Morgan fingerprint density at radius 2 is 1.74 bits per heavy atom. The Labute approximate surface area is 199 Å². The summed E-state index contributed by atoms with van der Waals surface area (Å²) in [6, 6.07) is 9.04. The molecule has 0 spiro atoms. The summed E-state index contributed by atoms with van der Waals surface area (Å²) in [5, 5.41) is 7.41. The molecule has 0 bridgehead atoms. The Morgan fingerprint density at radius 1 is 1.06 bits per heavy atom. The Bertz CT molecular complexity index is 1390. The molecule has 0 saturated carbocycles. The largest absolute Gasteiger partial charge is 0.493 e. The van der Waals surface area contributed by atoms with Crippen LogP contribution in [0.4, 0.5) is 4.39 Å². The van der Waals surface area contributed by atoms with Crippen molar-refractivity contribution in [3.63, 3.8) is 0 Å². The number of rotatable bonds is 9. The molecule has 2 heterocycles. The number of nitrogens with one attached hydrogen (secondary N) is 1. The zero-order valence-electron chi connectivity index (χ0n) is 19.4. The third-order valence-electron chi connectivity index (χ3n) is 5.42. The zero-order valence-corrected chi connectivity index (χ0v) is 19.4. The molecule has 4 aromatic rings. The van der Waals surface area contributed by atoms with E-state index >= 15 is 0 Å². The van der Waals surface area contributed by atoms with Crippen molar-refractivity contribution in [3.05, 3.63) is 76.2 Å². The topological polar surface area (TPSA) is 110 Å². The molecule has 4 rings (SSSR count). The molecular weight excluding hydrogens is 457 g/mol. The number of carbonyl (C=O) groups is 1. The molecular formula is C24H24FN5O5. The van der Waals surface area contributed by atoms with Gasteiger partial charge in [0, 0.05) is 12.1 Å². The van der Waals surface area contributed by atoms with Crippen LogP contribution >= 0.6 is 0 Å². The van der Waals surface area contributed by atoms with Crippen molar-refractivity contribution in [1.29, 1.82) is 0 Å². The SMILES string of the molecule is COc1cc(C(=O)NCCn2ncc3c(=O)n(Cc4ccc(F)cc4)cnc32)cc(OC)c1OC. The second-order valence-electron chi connectivity index (χ2n) is 7.58. The number of benzene rings is 2. The summed E-state index contributed by atoms with van der Waals surface area (Å²) in [7, 11) is 4.44. The van der Waals surface area contributed by atoms with Crippen molar-refractivity contribution >= 4 is 16.9 Å². The molecule has 0 radical (unpaired) electrons. The number of fused-ring (bicyclic) bond motifs is 1. The fraction of sp³-hybridized carbons (Fsp3) is 0.250. The van der Waals surface area contributed by atoms with Crippen molar-refractivity contribution in [1.82, 2.24) is 24.6 Å². The number of hydrogen-bond donors (Lipinski definition) is 1. The minimum absolute atomic E-state index is 0.243. The maximum absolute atomic E-state index is 13.1. The van der Waals surface area contributed by atoms with Gasteiger partial charge >= 0.3 is 0 Å². The fourth-order valence-corrected chi connectivity index (χ4v) is 3.65.